The van der Waals surface area contributed by atoms with Gasteiger partial charge in [-0.15, -0.1) is 11.3 Å². The van der Waals surface area contributed by atoms with Gasteiger partial charge in [-0.1, -0.05) is 12.1 Å². The van der Waals surface area contributed by atoms with E-state index < -0.39 is 4.92 Å². The number of nitro groups is 1. The molecule has 21 heavy (non-hydrogen) atoms. The third-order valence-electron chi connectivity index (χ3n) is 2.99. The monoisotopic (exact) mass is 306 g/mol. The summed E-state index contributed by atoms with van der Waals surface area (Å²) in [5.41, 5.74) is 0.397. The lowest BCUT2D eigenvalue weighted by molar-refractivity contribution is -0.688. The zero-order valence-electron chi connectivity index (χ0n) is 11.5. The van der Waals surface area contributed by atoms with Crippen LogP contribution in [-0.2, 0) is 11.3 Å². The van der Waals surface area contributed by atoms with Gasteiger partial charge in [0.05, 0.1) is 9.80 Å². The molecule has 0 aliphatic rings. The van der Waals surface area contributed by atoms with Gasteiger partial charge in [0.25, 0.3) is 11.6 Å². The molecule has 0 aliphatic carbocycles. The van der Waals surface area contributed by atoms with E-state index in [4.69, 9.17) is 0 Å². The maximum Gasteiger partial charge on any atom is 0.282 e. The highest BCUT2D eigenvalue weighted by atomic mass is 32.1. The average molecular weight is 306 g/mol. The quantitative estimate of drug-likeness (QED) is 0.629. The highest BCUT2D eigenvalue weighted by Crippen LogP contribution is 2.16. The first kappa shape index (κ1) is 15.1. The van der Waals surface area contributed by atoms with Crippen molar-refractivity contribution in [3.8, 4) is 0 Å². The lowest BCUT2D eigenvalue weighted by atomic mass is 10.2. The van der Waals surface area contributed by atoms with Gasteiger partial charge in [0.2, 0.25) is 0 Å². The number of quaternary nitrogens is 1. The van der Waals surface area contributed by atoms with Crippen molar-refractivity contribution in [1.29, 1.82) is 0 Å². The van der Waals surface area contributed by atoms with Gasteiger partial charge >= 0.3 is 0 Å². The van der Waals surface area contributed by atoms with Crippen LogP contribution >= 0.6 is 11.3 Å². The van der Waals surface area contributed by atoms with Crippen molar-refractivity contribution in [2.75, 3.05) is 5.32 Å². The fourth-order valence-corrected chi connectivity index (χ4v) is 2.46. The van der Waals surface area contributed by atoms with Crippen LogP contribution in [0.2, 0.25) is 0 Å². The van der Waals surface area contributed by atoms with Crippen LogP contribution in [0.3, 0.4) is 0 Å². The Bertz CT molecular complexity index is 628. The third-order valence-corrected chi connectivity index (χ3v) is 3.89. The molecule has 0 saturated carbocycles. The maximum atomic E-state index is 12.0. The average Bonchev–Trinajstić information content (AvgIpc) is 2.98. The predicted octanol–water partition coefficient (Wildman–Crippen LogP) is 1.75. The van der Waals surface area contributed by atoms with Crippen molar-refractivity contribution >= 4 is 28.6 Å². The second-order valence-electron chi connectivity index (χ2n) is 4.60. The van der Waals surface area contributed by atoms with E-state index in [1.165, 1.54) is 17.0 Å². The molecular weight excluding hydrogens is 290 g/mol. The lowest BCUT2D eigenvalue weighted by Gasteiger charge is -2.10. The lowest BCUT2D eigenvalue weighted by Crippen LogP contribution is -2.90. The number of nitrogens with zero attached hydrogens (tertiary/aromatic N) is 1. The number of nitrogens with two attached hydrogens (primary N) is 1. The summed E-state index contributed by atoms with van der Waals surface area (Å²) in [6.45, 7) is 2.54. The Kier molecular flexibility index (Phi) is 5.02. The number of non-ortho nitro benzene ring substituents is 1. The van der Waals surface area contributed by atoms with E-state index in [1.54, 1.807) is 30.4 Å². The Hall–Kier alpha value is -2.25. The highest BCUT2D eigenvalue weighted by Gasteiger charge is 2.17. The number of rotatable bonds is 6. The number of nitrogens with one attached hydrogen (secondary N) is 1. The van der Waals surface area contributed by atoms with E-state index in [0.717, 1.165) is 6.54 Å². The van der Waals surface area contributed by atoms with Crippen molar-refractivity contribution in [3.05, 3.63) is 56.8 Å². The molecule has 0 saturated heterocycles. The number of hydrogen-bond acceptors (Lipinski definition) is 4. The van der Waals surface area contributed by atoms with Crippen LogP contribution < -0.4 is 10.6 Å². The van der Waals surface area contributed by atoms with E-state index in [0.29, 0.717) is 5.69 Å². The van der Waals surface area contributed by atoms with E-state index in [9.17, 15) is 14.9 Å². The van der Waals surface area contributed by atoms with Crippen LogP contribution in [0.5, 0.6) is 0 Å². The van der Waals surface area contributed by atoms with Gasteiger partial charge in [0.15, 0.2) is 6.04 Å². The normalized spacial score (nSPS) is 11.9. The van der Waals surface area contributed by atoms with Crippen molar-refractivity contribution in [1.82, 2.24) is 0 Å². The first-order valence-corrected chi connectivity index (χ1v) is 7.35. The van der Waals surface area contributed by atoms with Crippen molar-refractivity contribution in [2.24, 2.45) is 0 Å². The van der Waals surface area contributed by atoms with Crippen LogP contribution in [0, 0.1) is 10.1 Å². The minimum absolute atomic E-state index is 0.0389. The number of benzene rings is 1. The summed E-state index contributed by atoms with van der Waals surface area (Å²) >= 11 is 1.65. The number of anilines is 1. The Labute approximate surface area is 126 Å². The van der Waals surface area contributed by atoms with Gasteiger partial charge in [0, 0.05) is 17.8 Å². The molecule has 0 spiro atoms. The topological polar surface area (TPSA) is 88.8 Å². The predicted molar refractivity (Wildman–Crippen MR) is 81.1 cm³/mol. The van der Waals surface area contributed by atoms with Crippen LogP contribution in [0.1, 0.15) is 11.8 Å². The summed E-state index contributed by atoms with van der Waals surface area (Å²) in [6.07, 6.45) is 0. The Balaban J connectivity index is 1.91. The third kappa shape index (κ3) is 4.37. The van der Waals surface area contributed by atoms with Crippen molar-refractivity contribution < 1.29 is 15.0 Å². The van der Waals surface area contributed by atoms with E-state index in [2.05, 4.69) is 5.32 Å². The van der Waals surface area contributed by atoms with E-state index >= 15 is 0 Å². The molecule has 1 aromatic heterocycles. The number of hydrogen-bond donors (Lipinski definition) is 2. The van der Waals surface area contributed by atoms with Crippen LogP contribution in [0.15, 0.2) is 41.8 Å². The molecule has 0 bridgehead atoms. The molecule has 2 rings (SSSR count). The first-order valence-electron chi connectivity index (χ1n) is 6.47. The van der Waals surface area contributed by atoms with E-state index in [1.807, 2.05) is 22.8 Å². The summed E-state index contributed by atoms with van der Waals surface area (Å²) in [5, 5.41) is 17.3. The smallest absolute Gasteiger partial charge is 0.282 e. The number of nitro benzene ring substituents is 1. The molecular formula is C14H16N3O3S+. The Morgan fingerprint density at radius 3 is 2.90 bits per heavy atom. The summed E-state index contributed by atoms with van der Waals surface area (Å²) in [4.78, 5) is 23.5. The number of carbonyl (C=O) groups excluding carboxylic acids is 1. The molecule has 6 nitrogen and oxygen atoms in total. The van der Waals surface area contributed by atoms with Crippen molar-refractivity contribution in [3.63, 3.8) is 0 Å². The van der Waals surface area contributed by atoms with Crippen LogP contribution in [-0.4, -0.2) is 16.9 Å². The molecule has 110 valence electrons. The van der Waals surface area contributed by atoms with E-state index in [-0.39, 0.29) is 17.6 Å². The zero-order valence-corrected chi connectivity index (χ0v) is 12.3. The second-order valence-corrected chi connectivity index (χ2v) is 5.64. The maximum absolute atomic E-state index is 12.0. The van der Waals surface area contributed by atoms with Gasteiger partial charge in [0.1, 0.15) is 6.54 Å². The van der Waals surface area contributed by atoms with Gasteiger partial charge < -0.3 is 10.6 Å². The highest BCUT2D eigenvalue weighted by molar-refractivity contribution is 7.09. The number of carbonyl (C=O) groups is 1. The molecule has 1 aromatic carbocycles. The molecule has 2 aromatic rings. The van der Waals surface area contributed by atoms with Gasteiger partial charge in [-0.2, -0.15) is 0 Å². The minimum atomic E-state index is -0.484. The summed E-state index contributed by atoms with van der Waals surface area (Å²) < 4.78 is 0. The molecule has 0 fully saturated rings. The number of amides is 1. The minimum Gasteiger partial charge on any atom is -0.332 e. The standard InChI is InChI=1S/C14H15N3O3S/c1-10(15-9-13-6-3-7-21-13)14(18)16-11-4-2-5-12(8-11)17(19)20/h2-8,10,15H,9H2,1H3,(H,16,18)/p+1/t10-/m1/s1. The number of thiophene rings is 1. The summed E-state index contributed by atoms with van der Waals surface area (Å²) in [5.74, 6) is -0.174. The zero-order chi connectivity index (χ0) is 15.2. The summed E-state index contributed by atoms with van der Waals surface area (Å²) in [7, 11) is 0. The fourth-order valence-electron chi connectivity index (χ4n) is 1.78. The molecule has 1 heterocycles. The second kappa shape index (κ2) is 6.96. The molecule has 7 heteroatoms. The van der Waals surface area contributed by atoms with Crippen molar-refractivity contribution in [2.45, 2.75) is 19.5 Å². The SMILES string of the molecule is C[C@@H]([NH2+]Cc1cccs1)C(=O)Nc1cccc([N+](=O)[O-])c1. The molecule has 3 N–H and O–H groups in total. The van der Waals surface area contributed by atoms with Gasteiger partial charge in [-0.25, -0.2) is 0 Å². The van der Waals surface area contributed by atoms with Crippen LogP contribution in [0.25, 0.3) is 0 Å². The Morgan fingerprint density at radius 1 is 1.43 bits per heavy atom. The molecule has 1 amide bonds. The molecule has 0 radical (unpaired) electrons. The molecule has 0 unspecified atom stereocenters. The van der Waals surface area contributed by atoms with Gasteiger partial charge in [-0.05, 0) is 24.4 Å². The fraction of sp³-hybridized carbons (Fsp3) is 0.214. The first-order chi connectivity index (χ1) is 10.1. The summed E-state index contributed by atoms with van der Waals surface area (Å²) in [6, 6.07) is 9.65. The van der Waals surface area contributed by atoms with Gasteiger partial charge in [-0.3, -0.25) is 14.9 Å². The molecule has 1 atom stereocenters. The Morgan fingerprint density at radius 2 is 2.24 bits per heavy atom. The largest absolute Gasteiger partial charge is 0.332 e. The van der Waals surface area contributed by atoms with Crippen LogP contribution in [0.4, 0.5) is 11.4 Å². The molecule has 0 aliphatic heterocycles.